The number of hydrogen-bond acceptors (Lipinski definition) is 4. The lowest BCUT2D eigenvalue weighted by atomic mass is 10.1. The van der Waals surface area contributed by atoms with E-state index in [1.165, 1.54) is 0 Å². The van der Waals surface area contributed by atoms with Crippen LogP contribution in [0.4, 0.5) is 0 Å². The number of aliphatic hydroxyl groups excluding tert-OH is 1. The number of carbonyl (C=O) groups is 3. The monoisotopic (exact) mass is 263 g/mol. The number of carbonyl (C=O) groups excluding carboxylic acids is 2. The number of fused-ring (bicyclic) bond motifs is 1. The van der Waals surface area contributed by atoms with Crippen LogP contribution >= 0.6 is 0 Å². The molecule has 1 heterocycles. The van der Waals surface area contributed by atoms with Crippen molar-refractivity contribution in [3.8, 4) is 0 Å². The Morgan fingerprint density at radius 3 is 2.16 bits per heavy atom. The first-order valence-corrected chi connectivity index (χ1v) is 5.88. The first kappa shape index (κ1) is 13.2. The van der Waals surface area contributed by atoms with Crippen molar-refractivity contribution in [3.63, 3.8) is 0 Å². The van der Waals surface area contributed by atoms with Gasteiger partial charge in [0.05, 0.1) is 11.1 Å². The van der Waals surface area contributed by atoms with Gasteiger partial charge in [-0.3, -0.25) is 14.5 Å². The maximum Gasteiger partial charge on any atom is 0.332 e. The van der Waals surface area contributed by atoms with Gasteiger partial charge in [-0.05, 0) is 25.0 Å². The zero-order chi connectivity index (χ0) is 14.0. The van der Waals surface area contributed by atoms with Gasteiger partial charge in [0.2, 0.25) is 0 Å². The number of carboxylic acids is 1. The molecular weight excluding hydrogens is 250 g/mol. The fourth-order valence-corrected chi connectivity index (χ4v) is 2.01. The van der Waals surface area contributed by atoms with E-state index < -0.39 is 12.1 Å². The summed E-state index contributed by atoms with van der Waals surface area (Å²) in [5.74, 6) is -2.04. The van der Waals surface area contributed by atoms with Gasteiger partial charge in [0.15, 0.2) is 6.10 Å². The summed E-state index contributed by atoms with van der Waals surface area (Å²) >= 11 is 0. The molecule has 0 saturated heterocycles. The Balaban J connectivity index is 1.99. The summed E-state index contributed by atoms with van der Waals surface area (Å²) in [6, 6.07) is 6.53. The topological polar surface area (TPSA) is 94.9 Å². The van der Waals surface area contributed by atoms with Crippen molar-refractivity contribution in [1.82, 2.24) is 4.90 Å². The molecule has 2 N–H and O–H groups in total. The van der Waals surface area contributed by atoms with Crippen molar-refractivity contribution in [2.75, 3.05) is 6.54 Å². The van der Waals surface area contributed by atoms with Crippen LogP contribution in [0.3, 0.4) is 0 Å². The van der Waals surface area contributed by atoms with E-state index >= 15 is 0 Å². The van der Waals surface area contributed by atoms with E-state index in [9.17, 15) is 14.4 Å². The molecule has 100 valence electrons. The molecule has 1 aromatic carbocycles. The summed E-state index contributed by atoms with van der Waals surface area (Å²) in [4.78, 5) is 35.4. The minimum Gasteiger partial charge on any atom is -0.479 e. The van der Waals surface area contributed by atoms with Gasteiger partial charge in [0, 0.05) is 6.54 Å². The van der Waals surface area contributed by atoms with Gasteiger partial charge in [-0.25, -0.2) is 4.79 Å². The highest BCUT2D eigenvalue weighted by Crippen LogP contribution is 2.22. The van der Waals surface area contributed by atoms with E-state index in [-0.39, 0.29) is 31.2 Å². The number of benzene rings is 1. The minimum absolute atomic E-state index is 0.00272. The van der Waals surface area contributed by atoms with Crippen molar-refractivity contribution >= 4 is 17.8 Å². The molecule has 1 aliphatic heterocycles. The summed E-state index contributed by atoms with van der Waals surface area (Å²) < 4.78 is 0. The summed E-state index contributed by atoms with van der Waals surface area (Å²) in [6.07, 6.45) is -1.21. The van der Waals surface area contributed by atoms with Crippen LogP contribution in [0.25, 0.3) is 0 Å². The molecule has 0 saturated carbocycles. The molecule has 2 rings (SSSR count). The van der Waals surface area contributed by atoms with E-state index in [2.05, 4.69) is 0 Å². The van der Waals surface area contributed by atoms with Gasteiger partial charge < -0.3 is 10.2 Å². The highest BCUT2D eigenvalue weighted by Gasteiger charge is 2.34. The Kier molecular flexibility index (Phi) is 3.62. The molecule has 0 unspecified atom stereocenters. The Hall–Kier alpha value is -2.21. The zero-order valence-corrected chi connectivity index (χ0v) is 10.1. The minimum atomic E-state index is -1.46. The van der Waals surface area contributed by atoms with E-state index in [0.717, 1.165) is 4.90 Å². The van der Waals surface area contributed by atoms with Crippen molar-refractivity contribution in [1.29, 1.82) is 0 Å². The SMILES string of the molecule is O=C(O)[C@@H](O)CCCN1C(=O)c2ccccc2C1=O. The van der Waals surface area contributed by atoms with Gasteiger partial charge in [-0.15, -0.1) is 0 Å². The van der Waals surface area contributed by atoms with Crippen LogP contribution in [0.2, 0.25) is 0 Å². The molecule has 6 nitrogen and oxygen atoms in total. The fourth-order valence-electron chi connectivity index (χ4n) is 2.01. The Bertz CT molecular complexity index is 505. The van der Waals surface area contributed by atoms with Crippen molar-refractivity contribution in [3.05, 3.63) is 35.4 Å². The molecule has 0 aliphatic carbocycles. The maximum atomic E-state index is 11.9. The average molecular weight is 263 g/mol. The summed E-state index contributed by atoms with van der Waals surface area (Å²) in [7, 11) is 0. The molecule has 0 radical (unpaired) electrons. The lowest BCUT2D eigenvalue weighted by Gasteiger charge is -2.14. The van der Waals surface area contributed by atoms with Crippen molar-refractivity contribution in [2.45, 2.75) is 18.9 Å². The second-order valence-electron chi connectivity index (χ2n) is 4.30. The van der Waals surface area contributed by atoms with Crippen LogP contribution in [0.5, 0.6) is 0 Å². The van der Waals surface area contributed by atoms with Crippen LogP contribution in [0, 0.1) is 0 Å². The number of aliphatic carboxylic acids is 1. The molecule has 6 heteroatoms. The summed E-state index contributed by atoms with van der Waals surface area (Å²) in [5.41, 5.74) is 0.734. The number of nitrogens with zero attached hydrogens (tertiary/aromatic N) is 1. The first-order chi connectivity index (χ1) is 9.02. The largest absolute Gasteiger partial charge is 0.479 e. The van der Waals surface area contributed by atoms with Gasteiger partial charge in [-0.2, -0.15) is 0 Å². The number of aliphatic hydroxyl groups is 1. The summed E-state index contributed by atoms with van der Waals surface area (Å²) in [6.45, 7) is 0.108. The predicted octanol–water partition coefficient (Wildman–Crippen LogP) is 0.508. The molecule has 1 atom stereocenters. The molecule has 0 fully saturated rings. The lowest BCUT2D eigenvalue weighted by Crippen LogP contribution is -2.31. The van der Waals surface area contributed by atoms with Crippen LogP contribution in [0.15, 0.2) is 24.3 Å². The molecule has 0 bridgehead atoms. The molecule has 1 aliphatic rings. The van der Waals surface area contributed by atoms with Gasteiger partial charge in [0.25, 0.3) is 11.8 Å². The van der Waals surface area contributed by atoms with E-state index in [1.54, 1.807) is 24.3 Å². The van der Waals surface area contributed by atoms with E-state index in [0.29, 0.717) is 11.1 Å². The standard InChI is InChI=1S/C13H13NO5/c15-10(13(18)19)6-3-7-14-11(16)8-4-1-2-5-9(8)12(14)17/h1-2,4-5,10,15H,3,6-7H2,(H,18,19)/t10-/m0/s1. The number of amides is 2. The van der Waals surface area contributed by atoms with Crippen molar-refractivity contribution in [2.24, 2.45) is 0 Å². The maximum absolute atomic E-state index is 11.9. The van der Waals surface area contributed by atoms with Gasteiger partial charge in [0.1, 0.15) is 0 Å². The highest BCUT2D eigenvalue weighted by molar-refractivity contribution is 6.21. The number of hydrogen-bond donors (Lipinski definition) is 2. The molecule has 1 aromatic rings. The van der Waals surface area contributed by atoms with Crippen LogP contribution < -0.4 is 0 Å². The average Bonchev–Trinajstić information content (AvgIpc) is 2.64. The van der Waals surface area contributed by atoms with Crippen LogP contribution in [0.1, 0.15) is 33.6 Å². The number of imide groups is 1. The molecule has 2 amide bonds. The lowest BCUT2D eigenvalue weighted by molar-refractivity contribution is -0.146. The van der Waals surface area contributed by atoms with Gasteiger partial charge in [-0.1, -0.05) is 12.1 Å². The Morgan fingerprint density at radius 1 is 1.16 bits per heavy atom. The first-order valence-electron chi connectivity index (χ1n) is 5.88. The third kappa shape index (κ3) is 2.48. The second kappa shape index (κ2) is 5.19. The smallest absolute Gasteiger partial charge is 0.332 e. The number of rotatable bonds is 5. The quantitative estimate of drug-likeness (QED) is 0.755. The normalized spacial score (nSPS) is 15.5. The van der Waals surface area contributed by atoms with Crippen LogP contribution in [-0.2, 0) is 4.79 Å². The molecular formula is C13H13NO5. The second-order valence-corrected chi connectivity index (χ2v) is 4.30. The third-order valence-corrected chi connectivity index (χ3v) is 3.02. The van der Waals surface area contributed by atoms with Gasteiger partial charge >= 0.3 is 5.97 Å². The third-order valence-electron chi connectivity index (χ3n) is 3.02. The molecule has 19 heavy (non-hydrogen) atoms. The zero-order valence-electron chi connectivity index (χ0n) is 10.1. The Labute approximate surface area is 109 Å². The van der Waals surface area contributed by atoms with Crippen molar-refractivity contribution < 1.29 is 24.6 Å². The molecule has 0 spiro atoms. The molecule has 0 aromatic heterocycles. The predicted molar refractivity (Wildman–Crippen MR) is 64.7 cm³/mol. The van der Waals surface area contributed by atoms with E-state index in [4.69, 9.17) is 10.2 Å². The summed E-state index contributed by atoms with van der Waals surface area (Å²) in [5, 5.41) is 17.6. The highest BCUT2D eigenvalue weighted by atomic mass is 16.4. The van der Waals surface area contributed by atoms with E-state index in [1.807, 2.05) is 0 Å². The number of carboxylic acid groups (broad SMARTS) is 1. The fraction of sp³-hybridized carbons (Fsp3) is 0.308. The van der Waals surface area contributed by atoms with Crippen LogP contribution in [-0.4, -0.2) is 45.5 Å². The Morgan fingerprint density at radius 2 is 1.68 bits per heavy atom.